The average molecular weight is 274 g/mol. The highest BCUT2D eigenvalue weighted by atomic mass is 16.7. The Morgan fingerprint density at radius 2 is 2.15 bits per heavy atom. The molecule has 0 fully saturated rings. The average Bonchev–Trinajstić information content (AvgIpc) is 2.88. The monoisotopic (exact) mass is 274 g/mol. The molecular formula is C14H14N2O4. The van der Waals surface area contributed by atoms with Gasteiger partial charge in [0.05, 0.1) is 0 Å². The van der Waals surface area contributed by atoms with Crippen LogP contribution in [0.25, 0.3) is 10.8 Å². The Morgan fingerprint density at radius 1 is 1.40 bits per heavy atom. The zero-order chi connectivity index (χ0) is 14.1. The van der Waals surface area contributed by atoms with Crippen LogP contribution in [0.4, 0.5) is 5.82 Å². The number of hydrogen-bond acceptors (Lipinski definition) is 5. The van der Waals surface area contributed by atoms with Crippen LogP contribution in [0.3, 0.4) is 0 Å². The van der Waals surface area contributed by atoms with Gasteiger partial charge in [-0.1, -0.05) is 0 Å². The predicted molar refractivity (Wildman–Crippen MR) is 73.4 cm³/mol. The molecule has 0 atom stereocenters. The highest BCUT2D eigenvalue weighted by Crippen LogP contribution is 2.38. The number of pyridine rings is 1. The summed E-state index contributed by atoms with van der Waals surface area (Å²) in [5.74, 6) is 1.13. The lowest BCUT2D eigenvalue weighted by molar-refractivity contribution is -0.135. The van der Waals surface area contributed by atoms with Crippen LogP contribution in [0.1, 0.15) is 6.92 Å². The molecule has 20 heavy (non-hydrogen) atoms. The second kappa shape index (κ2) is 4.88. The summed E-state index contributed by atoms with van der Waals surface area (Å²) in [6.07, 6.45) is 1.67. The SMILES string of the molecule is CCN(CC(=O)O)c1nccc2cc3c(cc12)OCO3. The summed E-state index contributed by atoms with van der Waals surface area (Å²) in [6.45, 7) is 2.58. The van der Waals surface area contributed by atoms with Gasteiger partial charge in [-0.15, -0.1) is 0 Å². The van der Waals surface area contributed by atoms with Crippen molar-refractivity contribution in [3.8, 4) is 11.5 Å². The number of fused-ring (bicyclic) bond motifs is 2. The minimum Gasteiger partial charge on any atom is -0.480 e. The fourth-order valence-corrected chi connectivity index (χ4v) is 2.30. The number of anilines is 1. The van der Waals surface area contributed by atoms with Crippen LogP contribution in [-0.4, -0.2) is 35.9 Å². The van der Waals surface area contributed by atoms with Crippen LogP contribution >= 0.6 is 0 Å². The first-order chi connectivity index (χ1) is 9.69. The Morgan fingerprint density at radius 3 is 2.85 bits per heavy atom. The van der Waals surface area contributed by atoms with Gasteiger partial charge in [0.15, 0.2) is 11.5 Å². The van der Waals surface area contributed by atoms with E-state index in [1.807, 2.05) is 25.1 Å². The molecule has 0 radical (unpaired) electrons. The number of rotatable bonds is 4. The van der Waals surface area contributed by atoms with E-state index in [4.69, 9.17) is 14.6 Å². The maximum atomic E-state index is 11.0. The van der Waals surface area contributed by atoms with Gasteiger partial charge in [0.2, 0.25) is 6.79 Å². The molecule has 2 heterocycles. The lowest BCUT2D eigenvalue weighted by Crippen LogP contribution is -2.30. The van der Waals surface area contributed by atoms with E-state index in [1.54, 1.807) is 11.1 Å². The molecule has 0 amide bonds. The molecule has 0 bridgehead atoms. The van der Waals surface area contributed by atoms with Gasteiger partial charge < -0.3 is 19.5 Å². The van der Waals surface area contributed by atoms with Crippen LogP contribution in [0.5, 0.6) is 11.5 Å². The van der Waals surface area contributed by atoms with E-state index in [0.29, 0.717) is 23.9 Å². The summed E-state index contributed by atoms with van der Waals surface area (Å²) in [7, 11) is 0. The molecule has 1 aromatic carbocycles. The van der Waals surface area contributed by atoms with Gasteiger partial charge in [-0.25, -0.2) is 4.98 Å². The number of carbonyl (C=O) groups is 1. The first kappa shape index (κ1) is 12.5. The fraction of sp³-hybridized carbons (Fsp3) is 0.286. The second-order valence-electron chi connectivity index (χ2n) is 4.47. The third-order valence-electron chi connectivity index (χ3n) is 3.24. The van der Waals surface area contributed by atoms with Gasteiger partial charge in [0, 0.05) is 18.1 Å². The van der Waals surface area contributed by atoms with Gasteiger partial charge in [-0.05, 0) is 30.5 Å². The van der Waals surface area contributed by atoms with Gasteiger partial charge in [-0.2, -0.15) is 0 Å². The maximum absolute atomic E-state index is 11.0. The molecule has 2 aromatic rings. The highest BCUT2D eigenvalue weighted by Gasteiger charge is 2.18. The summed E-state index contributed by atoms with van der Waals surface area (Å²) in [5.41, 5.74) is 0. The van der Waals surface area contributed by atoms with Crippen molar-refractivity contribution in [2.45, 2.75) is 6.92 Å². The van der Waals surface area contributed by atoms with Crippen molar-refractivity contribution in [2.75, 3.05) is 24.8 Å². The van der Waals surface area contributed by atoms with Crippen LogP contribution < -0.4 is 14.4 Å². The molecule has 0 unspecified atom stereocenters. The van der Waals surface area contributed by atoms with Crippen molar-refractivity contribution in [1.82, 2.24) is 4.98 Å². The number of aromatic nitrogens is 1. The number of benzene rings is 1. The van der Waals surface area contributed by atoms with E-state index in [1.165, 1.54) is 0 Å². The number of nitrogens with zero attached hydrogens (tertiary/aromatic N) is 2. The van der Waals surface area contributed by atoms with Crippen molar-refractivity contribution in [1.29, 1.82) is 0 Å². The molecule has 0 spiro atoms. The van der Waals surface area contributed by atoms with E-state index in [0.717, 1.165) is 10.8 Å². The molecule has 1 N–H and O–H groups in total. The Balaban J connectivity index is 2.12. The number of likely N-dealkylation sites (N-methyl/N-ethyl adjacent to an activating group) is 1. The molecule has 6 nitrogen and oxygen atoms in total. The van der Waals surface area contributed by atoms with Gasteiger partial charge in [0.25, 0.3) is 0 Å². The number of carboxylic acids is 1. The minimum absolute atomic E-state index is 0.0863. The second-order valence-corrected chi connectivity index (χ2v) is 4.47. The predicted octanol–water partition coefficient (Wildman–Crippen LogP) is 1.87. The van der Waals surface area contributed by atoms with Crippen molar-refractivity contribution in [3.05, 3.63) is 24.4 Å². The summed E-state index contributed by atoms with van der Waals surface area (Å²) in [4.78, 5) is 17.0. The number of carboxylic acid groups (broad SMARTS) is 1. The van der Waals surface area contributed by atoms with E-state index < -0.39 is 5.97 Å². The maximum Gasteiger partial charge on any atom is 0.323 e. The van der Waals surface area contributed by atoms with Crippen molar-refractivity contribution in [2.24, 2.45) is 0 Å². The molecule has 0 saturated heterocycles. The van der Waals surface area contributed by atoms with Crippen molar-refractivity contribution in [3.63, 3.8) is 0 Å². The first-order valence-corrected chi connectivity index (χ1v) is 6.34. The fourth-order valence-electron chi connectivity index (χ4n) is 2.30. The molecule has 1 aromatic heterocycles. The minimum atomic E-state index is -0.883. The number of ether oxygens (including phenoxy) is 2. The zero-order valence-corrected chi connectivity index (χ0v) is 11.0. The molecule has 1 aliphatic heterocycles. The Kier molecular flexibility index (Phi) is 3.06. The number of hydrogen-bond donors (Lipinski definition) is 1. The molecule has 0 saturated carbocycles. The first-order valence-electron chi connectivity index (χ1n) is 6.34. The number of aliphatic carboxylic acids is 1. The van der Waals surface area contributed by atoms with Crippen LogP contribution in [-0.2, 0) is 4.79 Å². The van der Waals surface area contributed by atoms with Gasteiger partial charge in [-0.3, -0.25) is 4.79 Å². The molecule has 3 rings (SSSR count). The zero-order valence-electron chi connectivity index (χ0n) is 11.0. The Bertz CT molecular complexity index is 672. The van der Waals surface area contributed by atoms with E-state index >= 15 is 0 Å². The smallest absolute Gasteiger partial charge is 0.323 e. The van der Waals surface area contributed by atoms with Crippen molar-refractivity contribution < 1.29 is 19.4 Å². The third-order valence-corrected chi connectivity index (χ3v) is 3.24. The summed E-state index contributed by atoms with van der Waals surface area (Å²) in [6, 6.07) is 5.61. The van der Waals surface area contributed by atoms with E-state index in [-0.39, 0.29) is 13.3 Å². The van der Waals surface area contributed by atoms with Crippen LogP contribution in [0.15, 0.2) is 24.4 Å². The summed E-state index contributed by atoms with van der Waals surface area (Å²) < 4.78 is 10.7. The normalized spacial score (nSPS) is 12.7. The molecule has 1 aliphatic rings. The largest absolute Gasteiger partial charge is 0.480 e. The van der Waals surface area contributed by atoms with Gasteiger partial charge in [0.1, 0.15) is 12.4 Å². The summed E-state index contributed by atoms with van der Waals surface area (Å²) in [5, 5.41) is 10.8. The molecular weight excluding hydrogens is 260 g/mol. The van der Waals surface area contributed by atoms with Crippen molar-refractivity contribution >= 4 is 22.6 Å². The van der Waals surface area contributed by atoms with E-state index in [2.05, 4.69) is 4.98 Å². The third kappa shape index (κ3) is 2.09. The quantitative estimate of drug-likeness (QED) is 0.917. The van der Waals surface area contributed by atoms with E-state index in [9.17, 15) is 4.79 Å². The Labute approximate surface area is 115 Å². The van der Waals surface area contributed by atoms with Gasteiger partial charge >= 0.3 is 5.97 Å². The molecule has 0 aliphatic carbocycles. The lowest BCUT2D eigenvalue weighted by atomic mass is 10.1. The Hall–Kier alpha value is -2.50. The summed E-state index contributed by atoms with van der Waals surface area (Å²) >= 11 is 0. The topological polar surface area (TPSA) is 71.9 Å². The lowest BCUT2D eigenvalue weighted by Gasteiger charge is -2.21. The van der Waals surface area contributed by atoms with Crippen LogP contribution in [0.2, 0.25) is 0 Å². The molecule has 104 valence electrons. The molecule has 6 heteroatoms. The highest BCUT2D eigenvalue weighted by molar-refractivity contribution is 5.95. The van der Waals surface area contributed by atoms with Crippen LogP contribution in [0, 0.1) is 0 Å². The standard InChI is InChI=1S/C14H14N2O4/c1-2-16(7-13(17)18)14-10-6-12-11(19-8-20-12)5-9(10)3-4-15-14/h3-6H,2,7-8H2,1H3,(H,17,18).